The molecule has 2 aromatic heterocycles. The number of hydrogen-bond acceptors (Lipinski definition) is 7. The summed E-state index contributed by atoms with van der Waals surface area (Å²) in [5.41, 5.74) is 1.54. The van der Waals surface area contributed by atoms with Gasteiger partial charge in [-0.05, 0) is 25.8 Å². The smallest absolute Gasteiger partial charge is 0.212 e. The summed E-state index contributed by atoms with van der Waals surface area (Å²) in [6.45, 7) is 1.50. The van der Waals surface area contributed by atoms with Crippen molar-refractivity contribution in [1.29, 1.82) is 0 Å². The van der Waals surface area contributed by atoms with Gasteiger partial charge in [-0.25, -0.2) is 9.97 Å². The van der Waals surface area contributed by atoms with Gasteiger partial charge < -0.3 is 9.84 Å². The van der Waals surface area contributed by atoms with Crippen LogP contribution in [-0.2, 0) is 17.6 Å². The highest BCUT2D eigenvalue weighted by atomic mass is 32.1. The summed E-state index contributed by atoms with van der Waals surface area (Å²) < 4.78 is 4.99. The number of aryl methyl sites for hydroxylation is 1. The van der Waals surface area contributed by atoms with E-state index in [-0.39, 0.29) is 23.7 Å². The van der Waals surface area contributed by atoms with E-state index in [9.17, 15) is 14.7 Å². The number of carbonyl (C=O) groups is 2. The summed E-state index contributed by atoms with van der Waals surface area (Å²) in [4.78, 5) is 32.8. The predicted octanol–water partition coefficient (Wildman–Crippen LogP) is 2.78. The van der Waals surface area contributed by atoms with E-state index in [1.807, 2.05) is 0 Å². The molecule has 1 aliphatic rings. The third kappa shape index (κ3) is 3.07. The molecule has 1 N–H and O–H groups in total. The largest absolute Gasteiger partial charge is 0.507 e. The Morgan fingerprint density at radius 2 is 2.17 bits per heavy atom. The minimum absolute atomic E-state index is 0.0106. The second-order valence-electron chi connectivity index (χ2n) is 5.51. The molecule has 6 nitrogen and oxygen atoms in total. The Bertz CT molecular complexity index is 837. The lowest BCUT2D eigenvalue weighted by Crippen LogP contribution is -2.14. The monoisotopic (exact) mass is 344 g/mol. The van der Waals surface area contributed by atoms with Crippen LogP contribution in [0.25, 0.3) is 5.76 Å². The highest BCUT2D eigenvalue weighted by Gasteiger charge is 2.29. The van der Waals surface area contributed by atoms with E-state index < -0.39 is 0 Å². The van der Waals surface area contributed by atoms with Crippen molar-refractivity contribution in [2.24, 2.45) is 0 Å². The van der Waals surface area contributed by atoms with Crippen molar-refractivity contribution in [1.82, 2.24) is 9.97 Å². The summed E-state index contributed by atoms with van der Waals surface area (Å²) in [7, 11) is 1.51. The number of aliphatic hydroxyl groups excluding tert-OH is 1. The van der Waals surface area contributed by atoms with Gasteiger partial charge in [0.2, 0.25) is 11.7 Å². The van der Waals surface area contributed by atoms with E-state index in [0.29, 0.717) is 45.4 Å². The minimum Gasteiger partial charge on any atom is -0.507 e. The maximum Gasteiger partial charge on any atom is 0.212 e. The van der Waals surface area contributed by atoms with Crippen LogP contribution >= 0.6 is 11.3 Å². The van der Waals surface area contributed by atoms with Gasteiger partial charge in [0.1, 0.15) is 16.6 Å². The molecule has 2 heterocycles. The molecule has 3 rings (SSSR count). The summed E-state index contributed by atoms with van der Waals surface area (Å²) in [5.74, 6) is 0.154. The molecule has 0 atom stereocenters. The van der Waals surface area contributed by atoms with E-state index in [2.05, 4.69) is 9.97 Å². The van der Waals surface area contributed by atoms with Crippen LogP contribution in [0, 0.1) is 0 Å². The Labute approximate surface area is 142 Å². The zero-order chi connectivity index (χ0) is 17.3. The summed E-state index contributed by atoms with van der Waals surface area (Å²) in [6, 6.07) is 3.29. The van der Waals surface area contributed by atoms with Crippen molar-refractivity contribution < 1.29 is 19.4 Å². The average Bonchev–Trinajstić information content (AvgIpc) is 2.97. The van der Waals surface area contributed by atoms with Gasteiger partial charge >= 0.3 is 0 Å². The zero-order valence-corrected chi connectivity index (χ0v) is 14.1. The Morgan fingerprint density at radius 3 is 2.79 bits per heavy atom. The number of carbonyl (C=O) groups excluding carboxylic acids is 2. The number of thiazole rings is 1. The first kappa shape index (κ1) is 16.3. The molecule has 0 radical (unpaired) electrons. The van der Waals surface area contributed by atoms with Crippen LogP contribution in [0.5, 0.6) is 5.88 Å². The number of methoxy groups -OCH3 is 1. The molecule has 1 aliphatic carbocycles. The number of hydrogen-bond donors (Lipinski definition) is 1. The number of aliphatic hydroxyl groups is 1. The van der Waals surface area contributed by atoms with Gasteiger partial charge in [-0.2, -0.15) is 0 Å². The van der Waals surface area contributed by atoms with Gasteiger partial charge in [0.05, 0.1) is 24.1 Å². The number of ether oxygens (including phenoxy) is 1. The van der Waals surface area contributed by atoms with E-state index in [1.54, 1.807) is 12.1 Å². The van der Waals surface area contributed by atoms with Crippen LogP contribution < -0.4 is 4.74 Å². The standard InChI is InChI=1S/C17H16N2O4S/c1-9(20)7-14-19-12-5-4-11(16(22)17(12)24-14)15(21)10-3-6-13(23-2)18-8-10/h3,6,8,21H,4-5,7H2,1-2H3. The maximum absolute atomic E-state index is 12.7. The lowest BCUT2D eigenvalue weighted by Gasteiger charge is -2.14. The van der Waals surface area contributed by atoms with Crippen molar-refractivity contribution in [2.75, 3.05) is 7.11 Å². The molecule has 0 fully saturated rings. The first-order valence-corrected chi connectivity index (χ1v) is 8.26. The summed E-state index contributed by atoms with van der Waals surface area (Å²) in [5, 5.41) is 11.1. The van der Waals surface area contributed by atoms with Gasteiger partial charge in [0.15, 0.2) is 0 Å². The molecular weight excluding hydrogens is 328 g/mol. The topological polar surface area (TPSA) is 89.4 Å². The van der Waals surface area contributed by atoms with Crippen LogP contribution in [0.3, 0.4) is 0 Å². The maximum atomic E-state index is 12.7. The minimum atomic E-state index is -0.225. The third-order valence-electron chi connectivity index (χ3n) is 3.74. The van der Waals surface area contributed by atoms with Gasteiger partial charge in [-0.15, -0.1) is 11.3 Å². The third-order valence-corrected chi connectivity index (χ3v) is 4.84. The van der Waals surface area contributed by atoms with E-state index in [4.69, 9.17) is 4.74 Å². The van der Waals surface area contributed by atoms with Gasteiger partial charge in [0.25, 0.3) is 0 Å². The fraction of sp³-hybridized carbons (Fsp3) is 0.294. The van der Waals surface area contributed by atoms with Crippen LogP contribution in [0.1, 0.15) is 39.3 Å². The zero-order valence-electron chi connectivity index (χ0n) is 13.3. The average molecular weight is 344 g/mol. The fourth-order valence-corrected chi connectivity index (χ4v) is 3.72. The summed E-state index contributed by atoms with van der Waals surface area (Å²) >= 11 is 1.23. The molecule has 0 bridgehead atoms. The molecule has 0 aromatic carbocycles. The molecule has 0 amide bonds. The van der Waals surface area contributed by atoms with Crippen molar-refractivity contribution in [3.63, 3.8) is 0 Å². The Morgan fingerprint density at radius 1 is 1.38 bits per heavy atom. The van der Waals surface area contributed by atoms with Crippen molar-refractivity contribution in [2.45, 2.75) is 26.2 Å². The second kappa shape index (κ2) is 6.52. The first-order chi connectivity index (χ1) is 11.5. The molecule has 0 spiro atoms. The second-order valence-corrected chi connectivity index (χ2v) is 6.59. The molecule has 0 saturated carbocycles. The van der Waals surface area contributed by atoms with Crippen LogP contribution in [-0.4, -0.2) is 33.8 Å². The molecule has 0 unspecified atom stereocenters. The van der Waals surface area contributed by atoms with Gasteiger partial charge in [-0.1, -0.05) is 0 Å². The van der Waals surface area contributed by atoms with Crippen LogP contribution in [0.4, 0.5) is 0 Å². The number of ketones is 2. The lowest BCUT2D eigenvalue weighted by atomic mass is 9.93. The number of nitrogens with zero attached hydrogens (tertiary/aromatic N) is 2. The van der Waals surface area contributed by atoms with E-state index in [0.717, 1.165) is 0 Å². The Kier molecular flexibility index (Phi) is 4.44. The number of allylic oxidation sites excluding steroid dienone is 1. The van der Waals surface area contributed by atoms with E-state index in [1.165, 1.54) is 31.6 Å². The van der Waals surface area contributed by atoms with Crippen LogP contribution in [0.15, 0.2) is 23.9 Å². The normalized spacial score (nSPS) is 15.8. The highest BCUT2D eigenvalue weighted by Crippen LogP contribution is 2.33. The number of pyridine rings is 1. The van der Waals surface area contributed by atoms with Crippen molar-refractivity contribution in [3.05, 3.63) is 45.0 Å². The van der Waals surface area contributed by atoms with E-state index >= 15 is 0 Å². The van der Waals surface area contributed by atoms with Gasteiger partial charge in [-0.3, -0.25) is 9.59 Å². The molecule has 0 saturated heterocycles. The van der Waals surface area contributed by atoms with Gasteiger partial charge in [0, 0.05) is 23.4 Å². The SMILES string of the molecule is COc1ccc(C(O)=C2CCc3nc(CC(C)=O)sc3C2=O)cn1. The number of aromatic nitrogens is 2. The lowest BCUT2D eigenvalue weighted by molar-refractivity contribution is -0.116. The fourth-order valence-electron chi connectivity index (χ4n) is 2.57. The Hall–Kier alpha value is -2.54. The predicted molar refractivity (Wildman–Crippen MR) is 89.5 cm³/mol. The number of Topliss-reactive ketones (excluding diaryl/α,β-unsaturated/α-hetero) is 2. The number of fused-ring (bicyclic) bond motifs is 1. The van der Waals surface area contributed by atoms with Crippen molar-refractivity contribution >= 4 is 28.7 Å². The highest BCUT2D eigenvalue weighted by molar-refractivity contribution is 7.14. The quantitative estimate of drug-likeness (QED) is 0.677. The number of rotatable bonds is 4. The molecular formula is C17H16N2O4S. The molecule has 7 heteroatoms. The first-order valence-electron chi connectivity index (χ1n) is 7.45. The molecule has 24 heavy (non-hydrogen) atoms. The summed E-state index contributed by atoms with van der Waals surface area (Å²) in [6.07, 6.45) is 2.68. The molecule has 0 aliphatic heterocycles. The van der Waals surface area contributed by atoms with Crippen molar-refractivity contribution in [3.8, 4) is 5.88 Å². The Balaban J connectivity index is 1.93. The molecule has 124 valence electrons. The molecule has 2 aromatic rings. The van der Waals surface area contributed by atoms with Crippen LogP contribution in [0.2, 0.25) is 0 Å².